The largest absolute Gasteiger partial charge is 0.486 e. The summed E-state index contributed by atoms with van der Waals surface area (Å²) < 4.78 is 12.7. The number of nitrogens with zero attached hydrogens (tertiary/aromatic N) is 1. The lowest BCUT2D eigenvalue weighted by atomic mass is 10.1. The Kier molecular flexibility index (Phi) is 3.43. The van der Waals surface area contributed by atoms with Crippen molar-refractivity contribution in [2.45, 2.75) is 12.6 Å². The van der Waals surface area contributed by atoms with E-state index in [2.05, 4.69) is 0 Å². The van der Waals surface area contributed by atoms with Crippen molar-refractivity contribution < 1.29 is 14.6 Å². The molecule has 0 amide bonds. The van der Waals surface area contributed by atoms with Crippen LogP contribution in [0.3, 0.4) is 0 Å². The van der Waals surface area contributed by atoms with Gasteiger partial charge in [0.05, 0.1) is 12.6 Å². The molecule has 0 fully saturated rings. The van der Waals surface area contributed by atoms with Crippen LogP contribution in [-0.4, -0.2) is 22.9 Å². The van der Waals surface area contributed by atoms with Crippen LogP contribution in [0.25, 0.3) is 0 Å². The molecule has 0 spiro atoms. The lowest BCUT2D eigenvalue weighted by molar-refractivity contribution is 0.151. The summed E-state index contributed by atoms with van der Waals surface area (Å²) in [4.78, 5) is 11.0. The second kappa shape index (κ2) is 5.38. The average molecular weight is 273 g/mol. The summed E-state index contributed by atoms with van der Waals surface area (Å²) in [7, 11) is 0. The summed E-state index contributed by atoms with van der Waals surface area (Å²) in [5.74, 6) is 1.36. The van der Waals surface area contributed by atoms with Crippen LogP contribution in [0.2, 0.25) is 0 Å². The van der Waals surface area contributed by atoms with Crippen LogP contribution in [0.5, 0.6) is 11.5 Å². The Hall–Kier alpha value is -2.27. The molecular formula is C15H15NO4. The quantitative estimate of drug-likeness (QED) is 0.917. The lowest BCUT2D eigenvalue weighted by Crippen LogP contribution is -2.16. The number of aliphatic hydroxyl groups is 1. The van der Waals surface area contributed by atoms with Crippen LogP contribution in [0, 0.1) is 0 Å². The first-order chi connectivity index (χ1) is 9.72. The fourth-order valence-corrected chi connectivity index (χ4v) is 2.14. The fraction of sp³-hybridized carbons (Fsp3) is 0.267. The molecule has 1 aromatic carbocycles. The SMILES string of the molecule is O=c1ccn(CC(O)c2ccc3c(c2)OCCO3)cc1. The van der Waals surface area contributed by atoms with Crippen molar-refractivity contribution in [3.05, 3.63) is 58.5 Å². The van der Waals surface area contributed by atoms with Crippen molar-refractivity contribution in [2.75, 3.05) is 13.2 Å². The Bertz CT molecular complexity index is 645. The Morgan fingerprint density at radius 2 is 1.80 bits per heavy atom. The monoisotopic (exact) mass is 273 g/mol. The first-order valence-corrected chi connectivity index (χ1v) is 6.46. The molecule has 20 heavy (non-hydrogen) atoms. The standard InChI is InChI=1S/C15H15NO4/c17-12-3-5-16(6-4-12)10-13(18)11-1-2-14-15(9-11)20-8-7-19-14/h1-6,9,13,18H,7-8,10H2. The highest BCUT2D eigenvalue weighted by atomic mass is 16.6. The third-order valence-electron chi connectivity index (χ3n) is 3.20. The number of aromatic nitrogens is 1. The first kappa shape index (κ1) is 12.7. The number of fused-ring (bicyclic) bond motifs is 1. The van der Waals surface area contributed by atoms with Gasteiger partial charge in [0, 0.05) is 24.5 Å². The molecule has 0 radical (unpaired) electrons. The van der Waals surface area contributed by atoms with Gasteiger partial charge < -0.3 is 19.1 Å². The minimum absolute atomic E-state index is 0.0462. The zero-order chi connectivity index (χ0) is 13.9. The Morgan fingerprint density at radius 3 is 2.55 bits per heavy atom. The summed E-state index contributed by atoms with van der Waals surface area (Å²) >= 11 is 0. The van der Waals surface area contributed by atoms with E-state index in [-0.39, 0.29) is 5.43 Å². The fourth-order valence-electron chi connectivity index (χ4n) is 2.14. The van der Waals surface area contributed by atoms with Crippen LogP contribution in [0.1, 0.15) is 11.7 Å². The van der Waals surface area contributed by atoms with Crippen LogP contribution >= 0.6 is 0 Å². The molecule has 1 atom stereocenters. The summed E-state index contributed by atoms with van der Waals surface area (Å²) in [5, 5.41) is 10.2. The molecule has 0 saturated heterocycles. The molecule has 0 saturated carbocycles. The number of hydrogen-bond donors (Lipinski definition) is 1. The van der Waals surface area contributed by atoms with E-state index in [4.69, 9.17) is 9.47 Å². The van der Waals surface area contributed by atoms with Crippen molar-refractivity contribution >= 4 is 0 Å². The molecule has 1 aromatic heterocycles. The number of ether oxygens (including phenoxy) is 2. The van der Waals surface area contributed by atoms with E-state index < -0.39 is 6.10 Å². The van der Waals surface area contributed by atoms with Gasteiger partial charge in [-0.25, -0.2) is 0 Å². The molecule has 1 N–H and O–H groups in total. The molecule has 1 aliphatic rings. The number of rotatable bonds is 3. The molecule has 1 unspecified atom stereocenters. The molecule has 5 nitrogen and oxygen atoms in total. The van der Waals surface area contributed by atoms with Crippen LogP contribution in [0.4, 0.5) is 0 Å². The molecule has 2 heterocycles. The molecule has 1 aliphatic heterocycles. The molecule has 2 aromatic rings. The summed E-state index contributed by atoms with van der Waals surface area (Å²) in [5.41, 5.74) is 0.711. The van der Waals surface area contributed by atoms with Crippen molar-refractivity contribution in [1.29, 1.82) is 0 Å². The minimum atomic E-state index is -0.673. The second-order valence-corrected chi connectivity index (χ2v) is 4.65. The highest BCUT2D eigenvalue weighted by Gasteiger charge is 2.15. The number of aliphatic hydroxyl groups excluding tert-OH is 1. The highest BCUT2D eigenvalue weighted by molar-refractivity contribution is 5.44. The second-order valence-electron chi connectivity index (χ2n) is 4.65. The van der Waals surface area contributed by atoms with E-state index >= 15 is 0 Å². The molecule has 3 rings (SSSR count). The Labute approximate surface area is 116 Å². The van der Waals surface area contributed by atoms with Gasteiger partial charge >= 0.3 is 0 Å². The van der Waals surface area contributed by atoms with Gasteiger partial charge in [0.1, 0.15) is 13.2 Å². The van der Waals surface area contributed by atoms with Crippen LogP contribution < -0.4 is 14.9 Å². The highest BCUT2D eigenvalue weighted by Crippen LogP contribution is 2.32. The zero-order valence-electron chi connectivity index (χ0n) is 10.9. The third-order valence-corrected chi connectivity index (χ3v) is 3.20. The maximum atomic E-state index is 11.0. The predicted octanol–water partition coefficient (Wildman–Crippen LogP) is 1.35. The van der Waals surface area contributed by atoms with Crippen LogP contribution in [-0.2, 0) is 6.54 Å². The van der Waals surface area contributed by atoms with Gasteiger partial charge in [0.25, 0.3) is 0 Å². The van der Waals surface area contributed by atoms with Gasteiger partial charge in [-0.3, -0.25) is 4.79 Å². The van der Waals surface area contributed by atoms with Crippen molar-refractivity contribution in [1.82, 2.24) is 4.57 Å². The molecule has 104 valence electrons. The first-order valence-electron chi connectivity index (χ1n) is 6.46. The molecule has 0 aliphatic carbocycles. The third kappa shape index (κ3) is 2.67. The molecule has 0 bridgehead atoms. The van der Waals surface area contributed by atoms with Gasteiger partial charge in [-0.2, -0.15) is 0 Å². The molecule has 5 heteroatoms. The smallest absolute Gasteiger partial charge is 0.181 e. The van der Waals surface area contributed by atoms with Crippen molar-refractivity contribution in [2.24, 2.45) is 0 Å². The lowest BCUT2D eigenvalue weighted by Gasteiger charge is -2.20. The maximum absolute atomic E-state index is 11.0. The van der Waals surface area contributed by atoms with E-state index in [1.807, 2.05) is 6.07 Å². The van der Waals surface area contributed by atoms with E-state index in [0.29, 0.717) is 31.3 Å². The van der Waals surface area contributed by atoms with Gasteiger partial charge in [-0.05, 0) is 17.7 Å². The Morgan fingerprint density at radius 1 is 1.10 bits per heavy atom. The summed E-state index contributed by atoms with van der Waals surface area (Å²) in [6.45, 7) is 1.44. The average Bonchev–Trinajstić information content (AvgIpc) is 2.49. The minimum Gasteiger partial charge on any atom is -0.486 e. The topological polar surface area (TPSA) is 60.7 Å². The van der Waals surface area contributed by atoms with Crippen LogP contribution in [0.15, 0.2) is 47.5 Å². The summed E-state index contributed by atoms with van der Waals surface area (Å²) in [6.07, 6.45) is 2.64. The van der Waals surface area contributed by atoms with Gasteiger partial charge in [0.2, 0.25) is 0 Å². The summed E-state index contributed by atoms with van der Waals surface area (Å²) in [6, 6.07) is 8.36. The zero-order valence-corrected chi connectivity index (χ0v) is 10.9. The van der Waals surface area contributed by atoms with Gasteiger partial charge in [0.15, 0.2) is 16.9 Å². The van der Waals surface area contributed by atoms with Gasteiger partial charge in [-0.1, -0.05) is 6.07 Å². The van der Waals surface area contributed by atoms with E-state index in [1.165, 1.54) is 12.1 Å². The van der Waals surface area contributed by atoms with E-state index in [1.54, 1.807) is 29.1 Å². The number of pyridine rings is 1. The molecular weight excluding hydrogens is 258 g/mol. The van der Waals surface area contributed by atoms with Crippen molar-refractivity contribution in [3.8, 4) is 11.5 Å². The Balaban J connectivity index is 1.78. The van der Waals surface area contributed by atoms with E-state index in [0.717, 1.165) is 5.56 Å². The number of hydrogen-bond acceptors (Lipinski definition) is 4. The van der Waals surface area contributed by atoms with Gasteiger partial charge in [-0.15, -0.1) is 0 Å². The maximum Gasteiger partial charge on any atom is 0.181 e. The predicted molar refractivity (Wildman–Crippen MR) is 73.1 cm³/mol. The number of benzene rings is 1. The van der Waals surface area contributed by atoms with E-state index in [9.17, 15) is 9.90 Å². The normalized spacial score (nSPS) is 14.8. The van der Waals surface area contributed by atoms with Crippen molar-refractivity contribution in [3.63, 3.8) is 0 Å².